The molecule has 0 amide bonds. The Hall–Kier alpha value is -1.53. The van der Waals surface area contributed by atoms with Gasteiger partial charge < -0.3 is 24.5 Å². The zero-order valence-corrected chi connectivity index (χ0v) is 14.0. The first-order valence-corrected chi connectivity index (χ1v) is 8.47. The van der Waals surface area contributed by atoms with E-state index in [2.05, 4.69) is 22.5 Å². The highest BCUT2D eigenvalue weighted by Gasteiger charge is 2.56. The van der Waals surface area contributed by atoms with Crippen LogP contribution in [0.3, 0.4) is 0 Å². The molecule has 1 spiro atoms. The Labute approximate surface area is 137 Å². The number of rotatable bonds is 5. The van der Waals surface area contributed by atoms with E-state index in [0.717, 1.165) is 50.8 Å². The zero-order chi connectivity index (χ0) is 16.1. The van der Waals surface area contributed by atoms with Crippen molar-refractivity contribution in [1.82, 2.24) is 10.6 Å². The molecule has 2 heterocycles. The Bertz CT molecular complexity index is 509. The van der Waals surface area contributed by atoms with Crippen molar-refractivity contribution >= 4 is 5.96 Å². The third kappa shape index (κ3) is 3.38. The molecule has 1 saturated carbocycles. The smallest absolute Gasteiger partial charge is 0.191 e. The molecule has 2 fully saturated rings. The second-order valence-electron chi connectivity index (χ2n) is 6.23. The second kappa shape index (κ2) is 7.36. The van der Waals surface area contributed by atoms with E-state index in [4.69, 9.17) is 13.9 Å². The molecule has 128 valence electrons. The topological polar surface area (TPSA) is 68.0 Å². The molecular formula is C17H27N3O3. The van der Waals surface area contributed by atoms with Crippen LogP contribution in [0, 0.1) is 5.41 Å². The second-order valence-corrected chi connectivity index (χ2v) is 6.23. The van der Waals surface area contributed by atoms with Gasteiger partial charge in [-0.15, -0.1) is 0 Å². The monoisotopic (exact) mass is 321 g/mol. The maximum absolute atomic E-state index is 5.96. The standard InChI is InChI=1S/C17H27N3O3/c1-3-22-15-11-14(17(15)6-9-21-10-7-17)20-16(18-2)19-12-13-5-4-8-23-13/h4-5,8,14-15H,3,6-7,9-12H2,1-2H3,(H2,18,19,20)/t14-,15-/m1/s1. The number of guanidine groups is 1. The van der Waals surface area contributed by atoms with Crippen LogP contribution in [0.15, 0.2) is 27.8 Å². The van der Waals surface area contributed by atoms with E-state index in [9.17, 15) is 0 Å². The number of nitrogens with one attached hydrogen (secondary N) is 2. The van der Waals surface area contributed by atoms with Crippen molar-refractivity contribution in [2.75, 3.05) is 26.9 Å². The summed E-state index contributed by atoms with van der Waals surface area (Å²) < 4.78 is 16.9. The van der Waals surface area contributed by atoms with Crippen LogP contribution < -0.4 is 10.6 Å². The molecule has 0 unspecified atom stereocenters. The van der Waals surface area contributed by atoms with Crippen LogP contribution in [0.1, 0.15) is 31.9 Å². The Morgan fingerprint density at radius 2 is 2.26 bits per heavy atom. The van der Waals surface area contributed by atoms with Crippen molar-refractivity contribution in [3.63, 3.8) is 0 Å². The summed E-state index contributed by atoms with van der Waals surface area (Å²) >= 11 is 0. The van der Waals surface area contributed by atoms with E-state index in [1.807, 2.05) is 12.1 Å². The van der Waals surface area contributed by atoms with Gasteiger partial charge in [0.25, 0.3) is 0 Å². The maximum Gasteiger partial charge on any atom is 0.191 e. The van der Waals surface area contributed by atoms with Crippen LogP contribution in [0.5, 0.6) is 0 Å². The van der Waals surface area contributed by atoms with Crippen molar-refractivity contribution in [1.29, 1.82) is 0 Å². The first-order valence-electron chi connectivity index (χ1n) is 8.47. The molecule has 2 aliphatic rings. The van der Waals surface area contributed by atoms with Crippen molar-refractivity contribution in [2.24, 2.45) is 10.4 Å². The van der Waals surface area contributed by atoms with Gasteiger partial charge in [-0.1, -0.05) is 0 Å². The largest absolute Gasteiger partial charge is 0.467 e. The van der Waals surface area contributed by atoms with E-state index in [1.54, 1.807) is 13.3 Å². The predicted octanol–water partition coefficient (Wildman–Crippen LogP) is 1.92. The van der Waals surface area contributed by atoms with E-state index in [-0.39, 0.29) is 5.41 Å². The fraction of sp³-hybridized carbons (Fsp3) is 0.706. The van der Waals surface area contributed by atoms with Gasteiger partial charge in [-0.25, -0.2) is 0 Å². The number of aliphatic imine (C=N–C) groups is 1. The summed E-state index contributed by atoms with van der Waals surface area (Å²) in [4.78, 5) is 4.34. The van der Waals surface area contributed by atoms with Crippen LogP contribution in [0.25, 0.3) is 0 Å². The van der Waals surface area contributed by atoms with Gasteiger partial charge in [-0.2, -0.15) is 0 Å². The molecule has 1 saturated heterocycles. The average molecular weight is 321 g/mol. The van der Waals surface area contributed by atoms with Crippen LogP contribution in [-0.4, -0.2) is 45.0 Å². The molecule has 1 aromatic rings. The van der Waals surface area contributed by atoms with Gasteiger partial charge in [0, 0.05) is 38.3 Å². The third-order valence-electron chi connectivity index (χ3n) is 5.12. The lowest BCUT2D eigenvalue weighted by molar-refractivity contribution is -0.169. The Balaban J connectivity index is 1.59. The molecule has 2 N–H and O–H groups in total. The molecule has 1 aromatic heterocycles. The van der Waals surface area contributed by atoms with Gasteiger partial charge in [0.1, 0.15) is 5.76 Å². The van der Waals surface area contributed by atoms with E-state index < -0.39 is 0 Å². The van der Waals surface area contributed by atoms with Crippen LogP contribution >= 0.6 is 0 Å². The third-order valence-corrected chi connectivity index (χ3v) is 5.12. The van der Waals surface area contributed by atoms with Crippen LogP contribution in [-0.2, 0) is 16.0 Å². The minimum absolute atomic E-state index is 0.177. The summed E-state index contributed by atoms with van der Waals surface area (Å²) in [5, 5.41) is 6.89. The van der Waals surface area contributed by atoms with Crippen molar-refractivity contribution in [3.8, 4) is 0 Å². The van der Waals surface area contributed by atoms with Crippen molar-refractivity contribution in [3.05, 3.63) is 24.2 Å². The minimum Gasteiger partial charge on any atom is -0.467 e. The molecule has 3 rings (SSSR count). The first kappa shape index (κ1) is 16.3. The van der Waals surface area contributed by atoms with Crippen LogP contribution in [0.2, 0.25) is 0 Å². The SMILES string of the molecule is CCO[C@@H]1C[C@@H](NC(=NC)NCc2ccco2)C12CCOCC2. The highest BCUT2D eigenvalue weighted by Crippen LogP contribution is 2.50. The molecule has 23 heavy (non-hydrogen) atoms. The first-order chi connectivity index (χ1) is 11.3. The van der Waals surface area contributed by atoms with Gasteiger partial charge >= 0.3 is 0 Å². The summed E-state index contributed by atoms with van der Waals surface area (Å²) in [6, 6.07) is 4.23. The summed E-state index contributed by atoms with van der Waals surface area (Å²) in [5.74, 6) is 1.71. The predicted molar refractivity (Wildman–Crippen MR) is 88.3 cm³/mol. The molecule has 2 atom stereocenters. The fourth-order valence-corrected chi connectivity index (χ4v) is 3.75. The van der Waals surface area contributed by atoms with E-state index in [1.165, 1.54) is 0 Å². The summed E-state index contributed by atoms with van der Waals surface area (Å²) in [5.41, 5.74) is 0.177. The van der Waals surface area contributed by atoms with E-state index in [0.29, 0.717) is 18.7 Å². The van der Waals surface area contributed by atoms with E-state index >= 15 is 0 Å². The number of furan rings is 1. The number of nitrogens with zero attached hydrogens (tertiary/aromatic N) is 1. The lowest BCUT2D eigenvalue weighted by Crippen LogP contribution is -2.67. The van der Waals surface area contributed by atoms with Gasteiger partial charge in [-0.05, 0) is 38.3 Å². The fourth-order valence-electron chi connectivity index (χ4n) is 3.75. The quantitative estimate of drug-likeness (QED) is 0.640. The number of hydrogen-bond acceptors (Lipinski definition) is 4. The number of ether oxygens (including phenoxy) is 2. The molecule has 1 aliphatic carbocycles. The van der Waals surface area contributed by atoms with Crippen molar-refractivity contribution in [2.45, 2.75) is 44.9 Å². The lowest BCUT2D eigenvalue weighted by atomic mass is 9.57. The lowest BCUT2D eigenvalue weighted by Gasteiger charge is -2.57. The molecule has 0 bridgehead atoms. The van der Waals surface area contributed by atoms with Crippen LogP contribution in [0.4, 0.5) is 0 Å². The summed E-state index contributed by atoms with van der Waals surface area (Å²) in [6.45, 7) is 5.11. The Morgan fingerprint density at radius 1 is 1.43 bits per heavy atom. The summed E-state index contributed by atoms with van der Waals surface area (Å²) in [7, 11) is 1.80. The van der Waals surface area contributed by atoms with Gasteiger partial charge in [0.05, 0.1) is 18.9 Å². The highest BCUT2D eigenvalue weighted by molar-refractivity contribution is 5.80. The molecule has 0 radical (unpaired) electrons. The zero-order valence-electron chi connectivity index (χ0n) is 14.0. The number of hydrogen-bond donors (Lipinski definition) is 2. The molecule has 6 nitrogen and oxygen atoms in total. The Morgan fingerprint density at radius 3 is 2.91 bits per heavy atom. The molecule has 6 heteroatoms. The highest BCUT2D eigenvalue weighted by atomic mass is 16.5. The average Bonchev–Trinajstić information content (AvgIpc) is 3.11. The minimum atomic E-state index is 0.177. The van der Waals surface area contributed by atoms with Crippen molar-refractivity contribution < 1.29 is 13.9 Å². The van der Waals surface area contributed by atoms with Gasteiger partial charge in [-0.3, -0.25) is 4.99 Å². The molecular weight excluding hydrogens is 294 g/mol. The summed E-state index contributed by atoms with van der Waals surface area (Å²) in [6.07, 6.45) is 5.13. The van der Waals surface area contributed by atoms with Gasteiger partial charge in [0.15, 0.2) is 5.96 Å². The molecule has 1 aliphatic heterocycles. The normalized spacial score (nSPS) is 26.8. The Kier molecular flexibility index (Phi) is 5.23. The van der Waals surface area contributed by atoms with Gasteiger partial charge in [0.2, 0.25) is 0 Å². The molecule has 0 aromatic carbocycles. The maximum atomic E-state index is 5.96.